The van der Waals surface area contributed by atoms with Gasteiger partial charge in [0.2, 0.25) is 5.91 Å². The maximum atomic E-state index is 12.2. The zero-order valence-corrected chi connectivity index (χ0v) is 11.8. The zero-order valence-electron chi connectivity index (χ0n) is 11.0. The Hall–Kier alpha value is -1.55. The van der Waals surface area contributed by atoms with Crippen molar-refractivity contribution in [3.63, 3.8) is 0 Å². The lowest BCUT2D eigenvalue weighted by Crippen LogP contribution is -2.18. The fourth-order valence-corrected chi connectivity index (χ4v) is 2.85. The molecule has 1 aliphatic carbocycles. The smallest absolute Gasteiger partial charge is 0.307 e. The Morgan fingerprint density at radius 1 is 1.32 bits per heavy atom. The normalized spacial score (nSPS) is 23.8. The number of halogens is 1. The number of carbonyl (C=O) groups excluding carboxylic acids is 1. The van der Waals surface area contributed by atoms with E-state index in [-0.39, 0.29) is 5.91 Å². The highest BCUT2D eigenvalue weighted by Crippen LogP contribution is 2.58. The lowest BCUT2D eigenvalue weighted by molar-refractivity contribution is -0.140. The SMILES string of the molecule is Cc1cccc(Cl)c1NC(=O)[C@H]1[C@@H](C(=O)O)C1(C)C. The molecular formula is C14H16ClNO3. The van der Waals surface area contributed by atoms with E-state index in [2.05, 4.69) is 5.32 Å². The van der Waals surface area contributed by atoms with Crippen molar-refractivity contribution in [3.05, 3.63) is 28.8 Å². The average Bonchev–Trinajstić information content (AvgIpc) is 2.87. The van der Waals surface area contributed by atoms with Crippen LogP contribution in [0.4, 0.5) is 5.69 Å². The summed E-state index contributed by atoms with van der Waals surface area (Å²) >= 11 is 6.04. The van der Waals surface area contributed by atoms with Crippen LogP contribution in [-0.4, -0.2) is 17.0 Å². The molecule has 0 radical (unpaired) electrons. The molecule has 0 bridgehead atoms. The fourth-order valence-electron chi connectivity index (χ4n) is 2.58. The second-order valence-corrected chi connectivity index (χ2v) is 5.94. The van der Waals surface area contributed by atoms with Crippen LogP contribution in [0.5, 0.6) is 0 Å². The third kappa shape index (κ3) is 2.32. The molecule has 1 aromatic carbocycles. The van der Waals surface area contributed by atoms with Crippen molar-refractivity contribution in [2.45, 2.75) is 20.8 Å². The van der Waals surface area contributed by atoms with Crippen LogP contribution in [0.2, 0.25) is 5.02 Å². The first-order valence-electron chi connectivity index (χ1n) is 6.05. The van der Waals surface area contributed by atoms with Crippen molar-refractivity contribution < 1.29 is 14.7 Å². The average molecular weight is 282 g/mol. The monoisotopic (exact) mass is 281 g/mol. The summed E-state index contributed by atoms with van der Waals surface area (Å²) in [6, 6.07) is 5.33. The summed E-state index contributed by atoms with van der Waals surface area (Å²) < 4.78 is 0. The van der Waals surface area contributed by atoms with Gasteiger partial charge in [0.25, 0.3) is 0 Å². The highest BCUT2D eigenvalue weighted by molar-refractivity contribution is 6.34. The van der Waals surface area contributed by atoms with Crippen molar-refractivity contribution in [2.24, 2.45) is 17.3 Å². The summed E-state index contributed by atoms with van der Waals surface area (Å²) in [6.45, 7) is 5.42. The maximum Gasteiger partial charge on any atom is 0.307 e. The summed E-state index contributed by atoms with van der Waals surface area (Å²) in [5.41, 5.74) is 0.901. The van der Waals surface area contributed by atoms with Crippen LogP contribution in [0.3, 0.4) is 0 Å². The second-order valence-electron chi connectivity index (χ2n) is 5.54. The molecule has 5 heteroatoms. The second kappa shape index (κ2) is 4.53. The molecule has 2 rings (SSSR count). The van der Waals surface area contributed by atoms with Crippen molar-refractivity contribution >= 4 is 29.2 Å². The van der Waals surface area contributed by atoms with E-state index in [4.69, 9.17) is 16.7 Å². The molecule has 1 aromatic rings. The van der Waals surface area contributed by atoms with Crippen LogP contribution in [0.25, 0.3) is 0 Å². The number of aliphatic carboxylic acids is 1. The predicted octanol–water partition coefficient (Wildman–Crippen LogP) is 2.94. The van der Waals surface area contributed by atoms with Gasteiger partial charge in [-0.2, -0.15) is 0 Å². The standard InChI is InChI=1S/C14H16ClNO3/c1-7-5-4-6-8(15)11(7)16-12(17)9-10(13(18)19)14(9,2)3/h4-6,9-10H,1-3H3,(H,16,17)(H,18,19)/t9-,10+/m1/s1. The quantitative estimate of drug-likeness (QED) is 0.895. The van der Waals surface area contributed by atoms with Gasteiger partial charge in [-0.1, -0.05) is 37.6 Å². The van der Waals surface area contributed by atoms with Crippen LogP contribution < -0.4 is 5.32 Å². The molecule has 2 N–H and O–H groups in total. The van der Waals surface area contributed by atoms with Gasteiger partial charge in [-0.15, -0.1) is 0 Å². The first kappa shape index (κ1) is 13.9. The number of nitrogens with one attached hydrogen (secondary N) is 1. The minimum Gasteiger partial charge on any atom is -0.481 e. The van der Waals surface area contributed by atoms with Gasteiger partial charge in [0.15, 0.2) is 0 Å². The van der Waals surface area contributed by atoms with Crippen molar-refractivity contribution in [1.82, 2.24) is 0 Å². The van der Waals surface area contributed by atoms with Crippen LogP contribution in [0.1, 0.15) is 19.4 Å². The van der Waals surface area contributed by atoms with Crippen LogP contribution >= 0.6 is 11.6 Å². The molecule has 0 spiro atoms. The molecule has 0 saturated heterocycles. The van der Waals surface area contributed by atoms with Crippen LogP contribution in [-0.2, 0) is 9.59 Å². The Morgan fingerprint density at radius 2 is 1.95 bits per heavy atom. The number of amides is 1. The Kier molecular flexibility index (Phi) is 3.31. The van der Waals surface area contributed by atoms with Gasteiger partial charge in [0.1, 0.15) is 0 Å². The molecule has 19 heavy (non-hydrogen) atoms. The number of benzene rings is 1. The maximum absolute atomic E-state index is 12.2. The number of carboxylic acid groups (broad SMARTS) is 1. The molecule has 2 atom stereocenters. The topological polar surface area (TPSA) is 66.4 Å². The molecule has 0 aliphatic heterocycles. The first-order valence-corrected chi connectivity index (χ1v) is 6.43. The molecule has 102 valence electrons. The minimum atomic E-state index is -0.930. The molecule has 4 nitrogen and oxygen atoms in total. The van der Waals surface area contributed by atoms with Crippen molar-refractivity contribution in [3.8, 4) is 0 Å². The summed E-state index contributed by atoms with van der Waals surface area (Å²) in [4.78, 5) is 23.2. The van der Waals surface area contributed by atoms with E-state index in [0.717, 1.165) is 5.56 Å². The molecule has 1 amide bonds. The van der Waals surface area contributed by atoms with Crippen molar-refractivity contribution in [2.75, 3.05) is 5.32 Å². The molecule has 0 heterocycles. The number of carboxylic acids is 1. The highest BCUT2D eigenvalue weighted by Gasteiger charge is 2.65. The van der Waals surface area contributed by atoms with Gasteiger partial charge < -0.3 is 10.4 Å². The number of carbonyl (C=O) groups is 2. The van der Waals surface area contributed by atoms with E-state index in [1.807, 2.05) is 13.0 Å². The molecule has 1 fully saturated rings. The predicted molar refractivity (Wildman–Crippen MR) is 73.2 cm³/mol. The van der Waals surface area contributed by atoms with Gasteiger partial charge >= 0.3 is 5.97 Å². The minimum absolute atomic E-state index is 0.284. The lowest BCUT2D eigenvalue weighted by Gasteiger charge is -2.10. The van der Waals surface area contributed by atoms with E-state index in [0.29, 0.717) is 10.7 Å². The zero-order chi connectivity index (χ0) is 14.4. The van der Waals surface area contributed by atoms with Gasteiger partial charge in [0, 0.05) is 0 Å². The number of hydrogen-bond acceptors (Lipinski definition) is 2. The lowest BCUT2D eigenvalue weighted by atomic mass is 10.1. The Labute approximate surface area is 116 Å². The Bertz CT molecular complexity index is 533. The third-order valence-electron chi connectivity index (χ3n) is 3.85. The fraction of sp³-hybridized carbons (Fsp3) is 0.429. The summed E-state index contributed by atoms with van der Waals surface area (Å²) in [5.74, 6) is -2.36. The molecule has 1 saturated carbocycles. The molecule has 0 aromatic heterocycles. The van der Waals surface area contributed by atoms with Gasteiger partial charge in [-0.25, -0.2) is 0 Å². The van der Waals surface area contributed by atoms with E-state index in [1.54, 1.807) is 26.0 Å². The van der Waals surface area contributed by atoms with Gasteiger partial charge in [0.05, 0.1) is 22.5 Å². The Morgan fingerprint density at radius 3 is 2.42 bits per heavy atom. The molecule has 1 aliphatic rings. The number of hydrogen-bond donors (Lipinski definition) is 2. The van der Waals surface area contributed by atoms with Crippen LogP contribution in [0, 0.1) is 24.2 Å². The number of anilines is 1. The van der Waals surface area contributed by atoms with E-state index in [9.17, 15) is 9.59 Å². The molecule has 0 unspecified atom stereocenters. The van der Waals surface area contributed by atoms with Gasteiger partial charge in [-0.3, -0.25) is 9.59 Å². The van der Waals surface area contributed by atoms with E-state index in [1.165, 1.54) is 0 Å². The Balaban J connectivity index is 2.18. The highest BCUT2D eigenvalue weighted by atomic mass is 35.5. The number of para-hydroxylation sites is 1. The van der Waals surface area contributed by atoms with E-state index >= 15 is 0 Å². The largest absolute Gasteiger partial charge is 0.481 e. The van der Waals surface area contributed by atoms with E-state index < -0.39 is 23.2 Å². The number of rotatable bonds is 3. The summed E-state index contributed by atoms with van der Waals surface area (Å²) in [6.07, 6.45) is 0. The van der Waals surface area contributed by atoms with Gasteiger partial charge in [-0.05, 0) is 24.0 Å². The summed E-state index contributed by atoms with van der Waals surface area (Å²) in [7, 11) is 0. The third-order valence-corrected chi connectivity index (χ3v) is 4.16. The van der Waals surface area contributed by atoms with Crippen LogP contribution in [0.15, 0.2) is 18.2 Å². The first-order chi connectivity index (χ1) is 8.76. The van der Waals surface area contributed by atoms with Crippen molar-refractivity contribution in [1.29, 1.82) is 0 Å². The summed E-state index contributed by atoms with van der Waals surface area (Å²) in [5, 5.41) is 12.3. The number of aryl methyl sites for hydroxylation is 1. The molecular weight excluding hydrogens is 266 g/mol.